The molecule has 1 aliphatic heterocycles. The second-order valence-corrected chi connectivity index (χ2v) is 5.56. The maximum atomic E-state index is 11.6. The molecule has 0 atom stereocenters. The highest BCUT2D eigenvalue weighted by Crippen LogP contribution is 2.26. The molecule has 1 aliphatic rings. The van der Waals surface area contributed by atoms with Gasteiger partial charge in [0.25, 0.3) is 0 Å². The molecule has 3 aromatic rings. The Balaban J connectivity index is 1.84. The number of aryl methyl sites for hydroxylation is 1. The SMILES string of the molecule is COC(=O)c1ccc(C2=NNc3nnc(C)n3-c3ccccc32)cc1. The lowest BCUT2D eigenvalue weighted by Gasteiger charge is -2.11. The van der Waals surface area contributed by atoms with Crippen molar-refractivity contribution in [1.29, 1.82) is 0 Å². The molecule has 0 saturated carbocycles. The van der Waals surface area contributed by atoms with Gasteiger partial charge in [0, 0.05) is 11.1 Å². The van der Waals surface area contributed by atoms with Crippen LogP contribution in [-0.4, -0.2) is 33.6 Å². The number of aromatic nitrogens is 3. The Hall–Kier alpha value is -3.48. The lowest BCUT2D eigenvalue weighted by molar-refractivity contribution is 0.0600. The van der Waals surface area contributed by atoms with Crippen LogP contribution in [0.15, 0.2) is 53.6 Å². The normalized spacial score (nSPS) is 12.3. The van der Waals surface area contributed by atoms with Gasteiger partial charge in [-0.3, -0.25) is 4.57 Å². The zero-order valence-corrected chi connectivity index (χ0v) is 13.7. The largest absolute Gasteiger partial charge is 0.465 e. The van der Waals surface area contributed by atoms with E-state index in [1.165, 1.54) is 7.11 Å². The van der Waals surface area contributed by atoms with E-state index in [1.54, 1.807) is 12.1 Å². The molecule has 0 amide bonds. The highest BCUT2D eigenvalue weighted by atomic mass is 16.5. The molecule has 0 saturated heterocycles. The summed E-state index contributed by atoms with van der Waals surface area (Å²) < 4.78 is 6.67. The van der Waals surface area contributed by atoms with E-state index in [0.29, 0.717) is 11.5 Å². The average Bonchev–Trinajstić information content (AvgIpc) is 2.93. The van der Waals surface area contributed by atoms with Gasteiger partial charge < -0.3 is 4.74 Å². The molecule has 1 aromatic heterocycles. The fourth-order valence-corrected chi connectivity index (χ4v) is 2.86. The van der Waals surface area contributed by atoms with E-state index in [-0.39, 0.29) is 5.97 Å². The van der Waals surface area contributed by atoms with Crippen LogP contribution in [-0.2, 0) is 4.74 Å². The minimum absolute atomic E-state index is 0.366. The molecule has 0 aliphatic carbocycles. The van der Waals surface area contributed by atoms with Crippen molar-refractivity contribution in [2.75, 3.05) is 12.5 Å². The van der Waals surface area contributed by atoms with Crippen LogP contribution >= 0.6 is 0 Å². The number of para-hydroxylation sites is 1. The van der Waals surface area contributed by atoms with Crippen molar-refractivity contribution in [3.8, 4) is 5.69 Å². The van der Waals surface area contributed by atoms with Crippen LogP contribution in [0.25, 0.3) is 5.69 Å². The molecule has 0 radical (unpaired) electrons. The van der Waals surface area contributed by atoms with Crippen LogP contribution < -0.4 is 5.43 Å². The Morgan fingerprint density at radius 1 is 1.08 bits per heavy atom. The molecular weight excluding hydrogens is 318 g/mol. The van der Waals surface area contributed by atoms with Crippen molar-refractivity contribution < 1.29 is 9.53 Å². The smallest absolute Gasteiger partial charge is 0.337 e. The summed E-state index contributed by atoms with van der Waals surface area (Å²) in [7, 11) is 1.36. The highest BCUT2D eigenvalue weighted by Gasteiger charge is 2.21. The summed E-state index contributed by atoms with van der Waals surface area (Å²) in [6, 6.07) is 15.1. The fraction of sp³-hybridized carbons (Fsp3) is 0.111. The van der Waals surface area contributed by atoms with Gasteiger partial charge in [-0.1, -0.05) is 30.3 Å². The molecule has 7 heteroatoms. The van der Waals surface area contributed by atoms with Crippen molar-refractivity contribution in [2.45, 2.75) is 6.92 Å². The summed E-state index contributed by atoms with van der Waals surface area (Å²) in [5, 5.41) is 12.7. The molecule has 7 nitrogen and oxygen atoms in total. The molecule has 124 valence electrons. The first-order valence-corrected chi connectivity index (χ1v) is 7.73. The number of nitrogens with zero attached hydrogens (tertiary/aromatic N) is 4. The summed E-state index contributed by atoms with van der Waals surface area (Å²) in [6.45, 7) is 1.89. The van der Waals surface area contributed by atoms with Crippen molar-refractivity contribution in [3.63, 3.8) is 0 Å². The van der Waals surface area contributed by atoms with Crippen LogP contribution in [0.3, 0.4) is 0 Å². The number of ether oxygens (including phenoxy) is 1. The van der Waals surface area contributed by atoms with Crippen molar-refractivity contribution in [3.05, 3.63) is 71.0 Å². The summed E-state index contributed by atoms with van der Waals surface area (Å²) in [5.41, 5.74) is 7.00. The molecule has 1 N–H and O–H groups in total. The van der Waals surface area contributed by atoms with E-state index in [1.807, 2.05) is 47.9 Å². The van der Waals surface area contributed by atoms with Gasteiger partial charge in [0.15, 0.2) is 0 Å². The number of fused-ring (bicyclic) bond motifs is 3. The number of carbonyl (C=O) groups excluding carboxylic acids is 1. The van der Waals surface area contributed by atoms with E-state index in [0.717, 1.165) is 28.4 Å². The second-order valence-electron chi connectivity index (χ2n) is 5.56. The first-order chi connectivity index (χ1) is 12.2. The Morgan fingerprint density at radius 2 is 1.84 bits per heavy atom. The van der Waals surface area contributed by atoms with Crippen LogP contribution in [0.4, 0.5) is 5.95 Å². The summed E-state index contributed by atoms with van der Waals surface area (Å²) >= 11 is 0. The third-order valence-corrected chi connectivity index (χ3v) is 4.07. The average molecular weight is 333 g/mol. The van der Waals surface area contributed by atoms with Gasteiger partial charge in [0.05, 0.1) is 24.1 Å². The van der Waals surface area contributed by atoms with E-state index in [2.05, 4.69) is 20.7 Å². The maximum absolute atomic E-state index is 11.6. The Kier molecular flexibility index (Phi) is 3.53. The number of hydrogen-bond donors (Lipinski definition) is 1. The summed E-state index contributed by atoms with van der Waals surface area (Å²) in [6.07, 6.45) is 0. The predicted octanol–water partition coefficient (Wildman–Crippen LogP) is 2.54. The Bertz CT molecular complexity index is 989. The molecule has 4 rings (SSSR count). The summed E-state index contributed by atoms with van der Waals surface area (Å²) in [4.78, 5) is 11.6. The number of esters is 1. The topological polar surface area (TPSA) is 81.4 Å². The number of benzene rings is 2. The number of hydrazone groups is 1. The van der Waals surface area contributed by atoms with Gasteiger partial charge >= 0.3 is 5.97 Å². The Morgan fingerprint density at radius 3 is 2.60 bits per heavy atom. The number of anilines is 1. The van der Waals surface area contributed by atoms with Crippen molar-refractivity contribution in [2.24, 2.45) is 5.10 Å². The lowest BCUT2D eigenvalue weighted by atomic mass is 9.99. The molecular formula is C18H15N5O2. The van der Waals surface area contributed by atoms with Crippen molar-refractivity contribution in [1.82, 2.24) is 14.8 Å². The van der Waals surface area contributed by atoms with Crippen LogP contribution in [0.5, 0.6) is 0 Å². The number of rotatable bonds is 2. The molecule has 0 unspecified atom stereocenters. The van der Waals surface area contributed by atoms with Gasteiger partial charge in [-0.15, -0.1) is 10.2 Å². The maximum Gasteiger partial charge on any atom is 0.337 e. The molecule has 0 bridgehead atoms. The highest BCUT2D eigenvalue weighted by molar-refractivity contribution is 6.15. The monoisotopic (exact) mass is 333 g/mol. The van der Waals surface area contributed by atoms with Gasteiger partial charge in [-0.2, -0.15) is 5.10 Å². The quantitative estimate of drug-likeness (QED) is 0.729. The van der Waals surface area contributed by atoms with Crippen molar-refractivity contribution >= 4 is 17.6 Å². The molecule has 0 fully saturated rings. The molecule has 2 aromatic carbocycles. The first-order valence-electron chi connectivity index (χ1n) is 7.73. The predicted molar refractivity (Wildman–Crippen MR) is 93.1 cm³/mol. The first kappa shape index (κ1) is 15.1. The van der Waals surface area contributed by atoms with Crippen LogP contribution in [0.2, 0.25) is 0 Å². The zero-order valence-electron chi connectivity index (χ0n) is 13.7. The van der Waals surface area contributed by atoms with Crippen LogP contribution in [0, 0.1) is 6.92 Å². The minimum Gasteiger partial charge on any atom is -0.465 e. The van der Waals surface area contributed by atoms with E-state index < -0.39 is 0 Å². The number of hydrogen-bond acceptors (Lipinski definition) is 6. The summed E-state index contributed by atoms with van der Waals surface area (Å²) in [5.74, 6) is 0.966. The molecule has 0 spiro atoms. The molecule has 2 heterocycles. The fourth-order valence-electron chi connectivity index (χ4n) is 2.86. The van der Waals surface area contributed by atoms with Gasteiger partial charge in [0.1, 0.15) is 5.82 Å². The van der Waals surface area contributed by atoms with Gasteiger partial charge in [0.2, 0.25) is 5.95 Å². The van der Waals surface area contributed by atoms with E-state index in [4.69, 9.17) is 4.74 Å². The molecule has 25 heavy (non-hydrogen) atoms. The number of nitrogens with one attached hydrogen (secondary N) is 1. The van der Waals surface area contributed by atoms with Gasteiger partial charge in [-0.25, -0.2) is 10.2 Å². The van der Waals surface area contributed by atoms with E-state index in [9.17, 15) is 4.79 Å². The number of carbonyl (C=O) groups is 1. The second kappa shape index (κ2) is 5.86. The third-order valence-electron chi connectivity index (χ3n) is 4.07. The van der Waals surface area contributed by atoms with Gasteiger partial charge in [-0.05, 0) is 25.1 Å². The standard InChI is InChI=1S/C18H15N5O2/c1-11-19-21-18-22-20-16(14-5-3-4-6-15(14)23(11)18)12-7-9-13(10-8-12)17(24)25-2/h3-10H,1-2H3,(H,21,22). The zero-order chi connectivity index (χ0) is 17.4. The Labute approximate surface area is 144 Å². The number of methoxy groups -OCH3 is 1. The minimum atomic E-state index is -0.366. The lowest BCUT2D eigenvalue weighted by Crippen LogP contribution is -2.08. The van der Waals surface area contributed by atoms with E-state index >= 15 is 0 Å². The van der Waals surface area contributed by atoms with Crippen LogP contribution in [0.1, 0.15) is 27.3 Å². The third kappa shape index (κ3) is 2.46.